The molecule has 3 rings (SSSR count). The highest BCUT2D eigenvalue weighted by atomic mass is 32.1. The lowest BCUT2D eigenvalue weighted by Crippen LogP contribution is -2.37. The van der Waals surface area contributed by atoms with Gasteiger partial charge < -0.3 is 14.4 Å². The molecule has 2 aromatic carbocycles. The molecule has 162 valence electrons. The van der Waals surface area contributed by atoms with E-state index in [1.165, 1.54) is 11.3 Å². The summed E-state index contributed by atoms with van der Waals surface area (Å²) in [5.41, 5.74) is 2.51. The van der Waals surface area contributed by atoms with Gasteiger partial charge in [0, 0.05) is 19.0 Å². The standard InChI is InChI=1S/C24H26N2O4S/c1-4-29-21-13-9-8-12-20(21)23-25-19(16-31-23)14-22(27)30-17(2)24(28)26(3)15-18-10-6-5-7-11-18/h5-13,16-17H,4,14-15H2,1-3H3. The fourth-order valence-corrected chi connectivity index (χ4v) is 3.97. The number of likely N-dealkylation sites (N-methyl/N-ethyl adjacent to an activating group) is 1. The lowest BCUT2D eigenvalue weighted by atomic mass is 10.2. The van der Waals surface area contributed by atoms with Crippen molar-refractivity contribution < 1.29 is 19.1 Å². The van der Waals surface area contributed by atoms with Crippen LogP contribution in [0.2, 0.25) is 0 Å². The van der Waals surface area contributed by atoms with Crippen LogP contribution in [0, 0.1) is 0 Å². The van der Waals surface area contributed by atoms with E-state index in [2.05, 4.69) is 4.98 Å². The molecule has 1 aromatic heterocycles. The predicted molar refractivity (Wildman–Crippen MR) is 121 cm³/mol. The minimum atomic E-state index is -0.863. The maximum absolute atomic E-state index is 12.5. The third-order valence-electron chi connectivity index (χ3n) is 4.59. The number of benzene rings is 2. The van der Waals surface area contributed by atoms with Crippen LogP contribution in [0.15, 0.2) is 60.0 Å². The van der Waals surface area contributed by atoms with Gasteiger partial charge in [0.25, 0.3) is 5.91 Å². The summed E-state index contributed by atoms with van der Waals surface area (Å²) in [4.78, 5) is 31.0. The molecule has 0 bridgehead atoms. The molecule has 1 heterocycles. The van der Waals surface area contributed by atoms with Gasteiger partial charge in [0.15, 0.2) is 6.10 Å². The highest BCUT2D eigenvalue weighted by Crippen LogP contribution is 2.32. The number of aromatic nitrogens is 1. The molecule has 0 aliphatic heterocycles. The van der Waals surface area contributed by atoms with Crippen molar-refractivity contribution in [2.24, 2.45) is 0 Å². The number of carbonyl (C=O) groups is 2. The van der Waals surface area contributed by atoms with Crippen LogP contribution in [-0.4, -0.2) is 41.5 Å². The second-order valence-electron chi connectivity index (χ2n) is 7.06. The van der Waals surface area contributed by atoms with Gasteiger partial charge in [-0.3, -0.25) is 9.59 Å². The lowest BCUT2D eigenvalue weighted by molar-refractivity contribution is -0.158. The Bertz CT molecular complexity index is 1020. The molecule has 0 radical (unpaired) electrons. The Morgan fingerprint density at radius 2 is 1.81 bits per heavy atom. The molecule has 6 nitrogen and oxygen atoms in total. The van der Waals surface area contributed by atoms with Crippen molar-refractivity contribution in [2.45, 2.75) is 32.9 Å². The smallest absolute Gasteiger partial charge is 0.312 e. The van der Waals surface area contributed by atoms with Gasteiger partial charge in [0.05, 0.1) is 24.3 Å². The SMILES string of the molecule is CCOc1ccccc1-c1nc(CC(=O)OC(C)C(=O)N(C)Cc2ccccc2)cs1. The largest absolute Gasteiger partial charge is 0.493 e. The number of para-hydroxylation sites is 1. The fraction of sp³-hybridized carbons (Fsp3) is 0.292. The molecule has 1 amide bonds. The molecule has 1 unspecified atom stereocenters. The van der Waals surface area contributed by atoms with Crippen molar-refractivity contribution in [3.8, 4) is 16.3 Å². The Balaban J connectivity index is 1.57. The minimum Gasteiger partial charge on any atom is -0.493 e. The van der Waals surface area contributed by atoms with Gasteiger partial charge in [-0.15, -0.1) is 11.3 Å². The zero-order chi connectivity index (χ0) is 22.2. The molecular weight excluding hydrogens is 412 g/mol. The quantitative estimate of drug-likeness (QED) is 0.465. The summed E-state index contributed by atoms with van der Waals surface area (Å²) in [6.07, 6.45) is -0.856. The summed E-state index contributed by atoms with van der Waals surface area (Å²) < 4.78 is 11.0. The second kappa shape index (κ2) is 10.7. The van der Waals surface area contributed by atoms with Gasteiger partial charge in [-0.1, -0.05) is 42.5 Å². The third kappa shape index (κ3) is 6.15. The van der Waals surface area contributed by atoms with E-state index in [9.17, 15) is 9.59 Å². The molecule has 7 heteroatoms. The van der Waals surface area contributed by atoms with E-state index in [0.717, 1.165) is 21.9 Å². The van der Waals surface area contributed by atoms with Crippen molar-refractivity contribution in [3.63, 3.8) is 0 Å². The number of ether oxygens (including phenoxy) is 2. The van der Waals surface area contributed by atoms with Crippen LogP contribution in [0.3, 0.4) is 0 Å². The van der Waals surface area contributed by atoms with E-state index in [-0.39, 0.29) is 12.3 Å². The van der Waals surface area contributed by atoms with E-state index in [4.69, 9.17) is 9.47 Å². The molecular formula is C24H26N2O4S. The highest BCUT2D eigenvalue weighted by Gasteiger charge is 2.22. The Morgan fingerprint density at radius 3 is 2.55 bits per heavy atom. The van der Waals surface area contributed by atoms with Gasteiger partial charge in [-0.05, 0) is 31.5 Å². The molecule has 3 aromatic rings. The average molecular weight is 439 g/mol. The first-order valence-corrected chi connectivity index (χ1v) is 11.0. The number of rotatable bonds is 9. The summed E-state index contributed by atoms with van der Waals surface area (Å²) in [5.74, 6) is 0.0277. The first kappa shape index (κ1) is 22.5. The molecule has 1 atom stereocenters. The Hall–Kier alpha value is -3.19. The van der Waals surface area contributed by atoms with Crippen LogP contribution < -0.4 is 4.74 Å². The number of thiazole rings is 1. The summed E-state index contributed by atoms with van der Waals surface area (Å²) >= 11 is 1.44. The van der Waals surface area contributed by atoms with Crippen molar-refractivity contribution in [1.29, 1.82) is 0 Å². The minimum absolute atomic E-state index is 0.00726. The van der Waals surface area contributed by atoms with Crippen LogP contribution in [0.25, 0.3) is 10.6 Å². The highest BCUT2D eigenvalue weighted by molar-refractivity contribution is 7.13. The number of hydrogen-bond donors (Lipinski definition) is 0. The summed E-state index contributed by atoms with van der Waals surface area (Å²) in [6, 6.07) is 17.3. The van der Waals surface area contributed by atoms with E-state index >= 15 is 0 Å². The molecule has 0 aliphatic carbocycles. The van der Waals surface area contributed by atoms with Crippen LogP contribution >= 0.6 is 11.3 Å². The third-order valence-corrected chi connectivity index (χ3v) is 5.51. The predicted octanol–water partition coefficient (Wildman–Crippen LogP) is 4.34. The monoisotopic (exact) mass is 438 g/mol. The molecule has 0 fully saturated rings. The Kier molecular flexibility index (Phi) is 7.78. The molecule has 31 heavy (non-hydrogen) atoms. The van der Waals surface area contributed by atoms with Gasteiger partial charge in [0.2, 0.25) is 0 Å². The number of esters is 1. The second-order valence-corrected chi connectivity index (χ2v) is 7.92. The van der Waals surface area contributed by atoms with E-state index < -0.39 is 12.1 Å². The van der Waals surface area contributed by atoms with E-state index in [0.29, 0.717) is 18.8 Å². The Labute approximate surface area is 186 Å². The first-order chi connectivity index (χ1) is 15.0. The molecule has 0 aliphatic rings. The average Bonchev–Trinajstić information content (AvgIpc) is 3.22. The zero-order valence-electron chi connectivity index (χ0n) is 17.9. The van der Waals surface area contributed by atoms with E-state index in [1.54, 1.807) is 18.9 Å². The lowest BCUT2D eigenvalue weighted by Gasteiger charge is -2.21. The Morgan fingerprint density at radius 1 is 1.10 bits per heavy atom. The fourth-order valence-electron chi connectivity index (χ4n) is 3.12. The van der Waals surface area contributed by atoms with Crippen molar-refractivity contribution >= 4 is 23.2 Å². The maximum Gasteiger partial charge on any atom is 0.312 e. The topological polar surface area (TPSA) is 68.7 Å². The molecule has 0 N–H and O–H groups in total. The zero-order valence-corrected chi connectivity index (χ0v) is 18.7. The summed E-state index contributed by atoms with van der Waals surface area (Å²) in [5, 5.41) is 2.60. The number of amides is 1. The van der Waals surface area contributed by atoms with Crippen LogP contribution in [0.1, 0.15) is 25.1 Å². The van der Waals surface area contributed by atoms with Crippen LogP contribution in [0.5, 0.6) is 5.75 Å². The van der Waals surface area contributed by atoms with Gasteiger partial charge in [-0.2, -0.15) is 0 Å². The molecule has 0 spiro atoms. The van der Waals surface area contributed by atoms with E-state index in [1.807, 2.05) is 66.9 Å². The number of hydrogen-bond acceptors (Lipinski definition) is 6. The maximum atomic E-state index is 12.5. The van der Waals surface area contributed by atoms with Gasteiger partial charge in [0.1, 0.15) is 10.8 Å². The first-order valence-electron chi connectivity index (χ1n) is 10.1. The van der Waals surface area contributed by atoms with Crippen molar-refractivity contribution in [1.82, 2.24) is 9.88 Å². The van der Waals surface area contributed by atoms with Crippen LogP contribution in [-0.2, 0) is 27.3 Å². The molecule has 0 saturated heterocycles. The normalized spacial score (nSPS) is 11.6. The van der Waals surface area contributed by atoms with Crippen molar-refractivity contribution in [3.05, 3.63) is 71.2 Å². The van der Waals surface area contributed by atoms with Crippen molar-refractivity contribution in [2.75, 3.05) is 13.7 Å². The van der Waals surface area contributed by atoms with Gasteiger partial charge >= 0.3 is 5.97 Å². The molecule has 0 saturated carbocycles. The van der Waals surface area contributed by atoms with Crippen LogP contribution in [0.4, 0.5) is 0 Å². The van der Waals surface area contributed by atoms with Gasteiger partial charge in [-0.25, -0.2) is 4.98 Å². The summed E-state index contributed by atoms with van der Waals surface area (Å²) in [7, 11) is 1.70. The number of nitrogens with zero attached hydrogens (tertiary/aromatic N) is 2. The number of carbonyl (C=O) groups excluding carboxylic acids is 2. The summed E-state index contributed by atoms with van der Waals surface area (Å²) in [6.45, 7) is 4.54.